The molecule has 3 aromatic rings. The molecular formula is C26H25F4N5OS. The molecule has 4 rings (SSSR count). The molecule has 1 atom stereocenters. The molecule has 1 aliphatic heterocycles. The molecule has 1 aliphatic rings. The van der Waals surface area contributed by atoms with Crippen LogP contribution in [-0.4, -0.2) is 46.1 Å². The monoisotopic (exact) mass is 531 g/mol. The van der Waals surface area contributed by atoms with E-state index in [1.807, 2.05) is 19.0 Å². The van der Waals surface area contributed by atoms with Crippen LogP contribution >= 0.6 is 11.3 Å². The molecule has 6 nitrogen and oxygen atoms in total. The van der Waals surface area contributed by atoms with E-state index in [0.717, 1.165) is 15.6 Å². The summed E-state index contributed by atoms with van der Waals surface area (Å²) in [5, 5.41) is 13.2. The topological polar surface area (TPSA) is 65.2 Å². The quantitative estimate of drug-likeness (QED) is 0.311. The molecule has 37 heavy (non-hydrogen) atoms. The van der Waals surface area contributed by atoms with Crippen molar-refractivity contribution >= 4 is 17.2 Å². The molecule has 0 bridgehead atoms. The average Bonchev–Trinajstić information content (AvgIpc) is 3.51. The summed E-state index contributed by atoms with van der Waals surface area (Å²) in [6, 6.07) is 5.32. The summed E-state index contributed by atoms with van der Waals surface area (Å²) in [6.45, 7) is 4.22. The first-order valence-electron chi connectivity index (χ1n) is 11.5. The first-order valence-corrected chi connectivity index (χ1v) is 12.4. The van der Waals surface area contributed by atoms with E-state index in [1.165, 1.54) is 40.6 Å². The summed E-state index contributed by atoms with van der Waals surface area (Å²) >= 11 is 1.24. The van der Waals surface area contributed by atoms with E-state index < -0.39 is 23.7 Å². The fourth-order valence-electron chi connectivity index (χ4n) is 4.59. The highest BCUT2D eigenvalue weighted by Crippen LogP contribution is 2.49. The second-order valence-electron chi connectivity index (χ2n) is 8.99. The Hall–Kier alpha value is -3.49. The Labute approximate surface area is 216 Å². The first-order chi connectivity index (χ1) is 17.5. The molecule has 0 fully saturated rings. The summed E-state index contributed by atoms with van der Waals surface area (Å²) < 4.78 is 58.5. The third kappa shape index (κ3) is 4.91. The maximum absolute atomic E-state index is 15.5. The fourth-order valence-corrected chi connectivity index (χ4v) is 5.72. The van der Waals surface area contributed by atoms with Crippen molar-refractivity contribution in [3.63, 3.8) is 0 Å². The average molecular weight is 532 g/mol. The second kappa shape index (κ2) is 10.1. The number of alkyl halides is 3. The van der Waals surface area contributed by atoms with E-state index in [-0.39, 0.29) is 35.7 Å². The van der Waals surface area contributed by atoms with Crippen LogP contribution in [0.1, 0.15) is 45.1 Å². The van der Waals surface area contributed by atoms with Gasteiger partial charge >= 0.3 is 6.18 Å². The molecule has 194 valence electrons. The van der Waals surface area contributed by atoms with Crippen LogP contribution in [0.15, 0.2) is 36.5 Å². The van der Waals surface area contributed by atoms with Gasteiger partial charge in [-0.25, -0.2) is 4.39 Å². The number of benzene rings is 1. The third-order valence-electron chi connectivity index (χ3n) is 6.25. The molecule has 2 aromatic heterocycles. The number of aromatic nitrogens is 2. The van der Waals surface area contributed by atoms with Crippen molar-refractivity contribution in [2.75, 3.05) is 20.6 Å². The van der Waals surface area contributed by atoms with Crippen LogP contribution in [0.2, 0.25) is 0 Å². The van der Waals surface area contributed by atoms with Gasteiger partial charge in [0.05, 0.1) is 12.6 Å². The van der Waals surface area contributed by atoms with Gasteiger partial charge in [-0.2, -0.15) is 23.5 Å². The standard InChI is InChI=1S/C26H25F4N5OS/c1-5-34-13-17(25(32-34)26(28,29)30)23-16(8-6-9-18(23)27)24-22-15(2)19(12-31)37-20(22)14-35(24)21(36)10-7-11-33(3)4/h6-10,13,24H,5,11,14H2,1-4H3/b10-7+/t24-/m0/s1. The second-order valence-corrected chi connectivity index (χ2v) is 10.1. The molecule has 0 unspecified atom stereocenters. The molecule has 11 heteroatoms. The fraction of sp³-hybridized carbons (Fsp3) is 0.346. The van der Waals surface area contributed by atoms with E-state index >= 15 is 4.39 Å². The minimum absolute atomic E-state index is 0.161. The highest BCUT2D eigenvalue weighted by Gasteiger charge is 2.42. The first kappa shape index (κ1) is 26.6. The van der Waals surface area contributed by atoms with Crippen LogP contribution in [0.3, 0.4) is 0 Å². The van der Waals surface area contributed by atoms with Crippen LogP contribution in [-0.2, 0) is 24.1 Å². The molecular weight excluding hydrogens is 506 g/mol. The van der Waals surface area contributed by atoms with Gasteiger partial charge in [0.15, 0.2) is 5.69 Å². The molecule has 0 saturated heterocycles. The van der Waals surface area contributed by atoms with E-state index in [1.54, 1.807) is 19.9 Å². The van der Waals surface area contributed by atoms with Gasteiger partial charge in [-0.1, -0.05) is 18.2 Å². The van der Waals surface area contributed by atoms with Gasteiger partial charge in [0.2, 0.25) is 5.91 Å². The van der Waals surface area contributed by atoms with Crippen LogP contribution in [0.4, 0.5) is 17.6 Å². The Bertz CT molecular complexity index is 1410. The van der Waals surface area contributed by atoms with Crippen molar-refractivity contribution in [2.24, 2.45) is 0 Å². The van der Waals surface area contributed by atoms with Gasteiger partial charge < -0.3 is 9.80 Å². The number of rotatable bonds is 6. The summed E-state index contributed by atoms with van der Waals surface area (Å²) in [5.74, 6) is -1.21. The number of nitriles is 1. The number of carbonyl (C=O) groups excluding carboxylic acids is 1. The smallest absolute Gasteiger partial charge is 0.323 e. The van der Waals surface area contributed by atoms with Gasteiger partial charge in [0.25, 0.3) is 0 Å². The number of hydrogen-bond acceptors (Lipinski definition) is 5. The number of hydrogen-bond donors (Lipinski definition) is 0. The van der Waals surface area contributed by atoms with E-state index in [2.05, 4.69) is 11.2 Å². The van der Waals surface area contributed by atoms with E-state index in [0.29, 0.717) is 22.5 Å². The lowest BCUT2D eigenvalue weighted by Crippen LogP contribution is -2.30. The molecule has 0 N–H and O–H groups in total. The zero-order chi connectivity index (χ0) is 27.1. The lowest BCUT2D eigenvalue weighted by atomic mass is 9.90. The normalized spacial score (nSPS) is 15.6. The van der Waals surface area contributed by atoms with Crippen molar-refractivity contribution in [1.29, 1.82) is 5.26 Å². The minimum Gasteiger partial charge on any atom is -0.323 e. The van der Waals surface area contributed by atoms with Gasteiger partial charge in [-0.15, -0.1) is 11.3 Å². The Kier molecular flexibility index (Phi) is 7.26. The number of halogens is 4. The van der Waals surface area contributed by atoms with Crippen molar-refractivity contribution in [1.82, 2.24) is 19.6 Å². The molecule has 1 amide bonds. The Balaban J connectivity index is 1.95. The number of fused-ring (bicyclic) bond motifs is 1. The Morgan fingerprint density at radius 3 is 2.70 bits per heavy atom. The van der Waals surface area contributed by atoms with Crippen LogP contribution in [0, 0.1) is 24.1 Å². The number of nitrogens with zero attached hydrogens (tertiary/aromatic N) is 5. The lowest BCUT2D eigenvalue weighted by Gasteiger charge is -2.27. The summed E-state index contributed by atoms with van der Waals surface area (Å²) in [4.78, 5) is 17.9. The van der Waals surface area contributed by atoms with Crippen LogP contribution in [0.25, 0.3) is 11.1 Å². The molecule has 0 saturated carbocycles. The van der Waals surface area contributed by atoms with Crippen LogP contribution in [0.5, 0.6) is 0 Å². The van der Waals surface area contributed by atoms with Crippen molar-refractivity contribution in [3.8, 4) is 17.2 Å². The van der Waals surface area contributed by atoms with Gasteiger partial charge in [0.1, 0.15) is 16.8 Å². The Morgan fingerprint density at radius 2 is 2.08 bits per heavy atom. The predicted octanol–water partition coefficient (Wildman–Crippen LogP) is 5.52. The largest absolute Gasteiger partial charge is 0.435 e. The lowest BCUT2D eigenvalue weighted by molar-refractivity contribution is -0.141. The van der Waals surface area contributed by atoms with Crippen molar-refractivity contribution in [2.45, 2.75) is 39.2 Å². The minimum atomic E-state index is -4.81. The van der Waals surface area contributed by atoms with Crippen molar-refractivity contribution in [3.05, 3.63) is 74.5 Å². The third-order valence-corrected chi connectivity index (χ3v) is 7.45. The van der Waals surface area contributed by atoms with E-state index in [9.17, 15) is 23.2 Å². The predicted molar refractivity (Wildman–Crippen MR) is 132 cm³/mol. The number of carbonyl (C=O) groups is 1. The summed E-state index contributed by atoms with van der Waals surface area (Å²) in [6.07, 6.45) is -0.518. The van der Waals surface area contributed by atoms with Gasteiger partial charge in [-0.3, -0.25) is 9.48 Å². The summed E-state index contributed by atoms with van der Waals surface area (Å²) in [5.41, 5.74) is -0.344. The highest BCUT2D eigenvalue weighted by atomic mass is 32.1. The van der Waals surface area contributed by atoms with Crippen LogP contribution < -0.4 is 0 Å². The zero-order valence-electron chi connectivity index (χ0n) is 20.7. The number of thiophene rings is 1. The molecule has 0 radical (unpaired) electrons. The van der Waals surface area contributed by atoms with E-state index in [4.69, 9.17) is 0 Å². The highest BCUT2D eigenvalue weighted by molar-refractivity contribution is 7.13. The SMILES string of the molecule is CCn1cc(-c2c(F)cccc2[C@H]2c3c(sc(C#N)c3C)CN2C(=O)/C=C/CN(C)C)c(C(F)(F)F)n1. The number of likely N-dealkylation sites (N-methyl/N-ethyl adjacent to an activating group) is 1. The Morgan fingerprint density at radius 1 is 1.35 bits per heavy atom. The number of amides is 1. The maximum Gasteiger partial charge on any atom is 0.435 e. The maximum atomic E-state index is 15.5. The zero-order valence-corrected chi connectivity index (χ0v) is 21.5. The summed E-state index contributed by atoms with van der Waals surface area (Å²) in [7, 11) is 3.71. The molecule has 3 heterocycles. The van der Waals surface area contributed by atoms with Gasteiger partial charge in [0, 0.05) is 41.4 Å². The number of aryl methyl sites for hydroxylation is 1. The van der Waals surface area contributed by atoms with Crippen molar-refractivity contribution < 1.29 is 22.4 Å². The van der Waals surface area contributed by atoms with Gasteiger partial charge in [-0.05, 0) is 50.7 Å². The molecule has 0 spiro atoms. The molecule has 1 aromatic carbocycles. The molecule has 0 aliphatic carbocycles.